The maximum Gasteiger partial charge on any atom is 0.313 e. The molecule has 33 heavy (non-hydrogen) atoms. The largest absolute Gasteiger partial charge is 0.348 e. The van der Waals surface area contributed by atoms with E-state index >= 15 is 0 Å². The van der Waals surface area contributed by atoms with Crippen molar-refractivity contribution in [1.29, 1.82) is 0 Å². The number of amides is 3. The van der Waals surface area contributed by atoms with Crippen LogP contribution >= 0.6 is 0 Å². The van der Waals surface area contributed by atoms with Gasteiger partial charge in [0.2, 0.25) is 5.91 Å². The van der Waals surface area contributed by atoms with Gasteiger partial charge in [0.25, 0.3) is 0 Å². The monoisotopic (exact) mass is 450 g/mol. The summed E-state index contributed by atoms with van der Waals surface area (Å²) in [4.78, 5) is 41.4. The van der Waals surface area contributed by atoms with Crippen molar-refractivity contribution in [3.8, 4) is 0 Å². The van der Waals surface area contributed by atoms with E-state index in [1.165, 1.54) is 17.3 Å². The number of anilines is 1. The van der Waals surface area contributed by atoms with Crippen molar-refractivity contribution in [3.63, 3.8) is 0 Å². The molecule has 2 N–H and O–H groups in total. The van der Waals surface area contributed by atoms with Gasteiger partial charge in [-0.1, -0.05) is 30.7 Å². The Kier molecular flexibility index (Phi) is 8.98. The fourth-order valence-corrected chi connectivity index (χ4v) is 4.25. The molecular weight excluding hydrogens is 416 g/mol. The number of piperidine rings is 1. The number of aromatic nitrogens is 1. The normalized spacial score (nSPS) is 14.1. The van der Waals surface area contributed by atoms with Gasteiger partial charge in [0.1, 0.15) is 0 Å². The Bertz CT molecular complexity index is 968. The Morgan fingerprint density at radius 1 is 1.03 bits per heavy atom. The molecule has 7 heteroatoms. The molecule has 0 unspecified atom stereocenters. The first kappa shape index (κ1) is 24.4. The van der Waals surface area contributed by atoms with Crippen LogP contribution in [0.5, 0.6) is 0 Å². The second-order valence-electron chi connectivity index (χ2n) is 8.80. The molecule has 1 aromatic carbocycles. The number of carbonyl (C=O) groups is 3. The Labute approximate surface area is 196 Å². The van der Waals surface area contributed by atoms with Gasteiger partial charge in [0.15, 0.2) is 0 Å². The highest BCUT2D eigenvalue weighted by atomic mass is 16.2. The van der Waals surface area contributed by atoms with Crippen molar-refractivity contribution in [2.75, 3.05) is 25.0 Å². The molecule has 1 fully saturated rings. The zero-order valence-electron chi connectivity index (χ0n) is 19.6. The Morgan fingerprint density at radius 3 is 2.55 bits per heavy atom. The molecule has 1 saturated heterocycles. The zero-order chi connectivity index (χ0) is 23.6. The van der Waals surface area contributed by atoms with Crippen molar-refractivity contribution >= 4 is 23.4 Å². The van der Waals surface area contributed by atoms with Gasteiger partial charge >= 0.3 is 11.8 Å². The number of aryl methyl sites for hydroxylation is 2. The van der Waals surface area contributed by atoms with E-state index in [9.17, 15) is 14.4 Å². The summed E-state index contributed by atoms with van der Waals surface area (Å²) in [7, 11) is 0. The lowest BCUT2D eigenvalue weighted by atomic mass is 9.88. The third-order valence-corrected chi connectivity index (χ3v) is 6.13. The standard InChI is InChI=1S/C26H34N4O3/c1-19-15-24(18-27-17-19)29-26(33)25(32)28-12-5-3-4-7-21-8-6-9-23(16-21)22-10-13-30(14-11-22)20(2)31/h6,8-9,15-18,22H,3-5,7,10-14H2,1-2H3,(H,28,32)(H,29,33). The summed E-state index contributed by atoms with van der Waals surface area (Å²) in [6, 6.07) is 10.6. The highest BCUT2D eigenvalue weighted by Crippen LogP contribution is 2.28. The van der Waals surface area contributed by atoms with Crippen molar-refractivity contribution in [2.24, 2.45) is 0 Å². The van der Waals surface area contributed by atoms with Gasteiger partial charge in [0, 0.05) is 32.8 Å². The first-order valence-electron chi connectivity index (χ1n) is 11.8. The SMILES string of the molecule is CC(=O)N1CCC(c2cccc(CCCCCNC(=O)C(=O)Nc3cncc(C)c3)c2)CC1. The molecule has 1 aliphatic heterocycles. The van der Waals surface area contributed by atoms with Crippen molar-refractivity contribution in [3.05, 3.63) is 59.4 Å². The van der Waals surface area contributed by atoms with Gasteiger partial charge in [-0.2, -0.15) is 0 Å². The van der Waals surface area contributed by atoms with Crippen LogP contribution in [0.2, 0.25) is 0 Å². The van der Waals surface area contributed by atoms with Crippen LogP contribution in [0.3, 0.4) is 0 Å². The van der Waals surface area contributed by atoms with Crippen LogP contribution in [-0.4, -0.2) is 47.2 Å². The van der Waals surface area contributed by atoms with Crippen LogP contribution in [0.25, 0.3) is 0 Å². The number of likely N-dealkylation sites (tertiary alicyclic amines) is 1. The summed E-state index contributed by atoms with van der Waals surface area (Å²) in [5, 5.41) is 5.24. The highest BCUT2D eigenvalue weighted by molar-refractivity contribution is 6.39. The van der Waals surface area contributed by atoms with Crippen molar-refractivity contribution in [1.82, 2.24) is 15.2 Å². The molecule has 3 rings (SSSR count). The zero-order valence-corrected chi connectivity index (χ0v) is 19.6. The van der Waals surface area contributed by atoms with E-state index in [4.69, 9.17) is 0 Å². The molecule has 1 aliphatic rings. The number of rotatable bonds is 8. The van der Waals surface area contributed by atoms with Crippen LogP contribution in [0.15, 0.2) is 42.7 Å². The van der Waals surface area contributed by atoms with Crippen molar-refractivity contribution in [2.45, 2.75) is 58.3 Å². The quantitative estimate of drug-likeness (QED) is 0.475. The third-order valence-electron chi connectivity index (χ3n) is 6.13. The van der Waals surface area contributed by atoms with Gasteiger partial charge < -0.3 is 15.5 Å². The van der Waals surface area contributed by atoms with E-state index in [1.807, 2.05) is 11.8 Å². The number of benzene rings is 1. The third kappa shape index (κ3) is 7.70. The molecule has 7 nitrogen and oxygen atoms in total. The summed E-state index contributed by atoms with van der Waals surface area (Å²) < 4.78 is 0. The van der Waals surface area contributed by atoms with Gasteiger partial charge in [0.05, 0.1) is 11.9 Å². The molecule has 176 valence electrons. The maximum atomic E-state index is 12.0. The summed E-state index contributed by atoms with van der Waals surface area (Å²) in [5.74, 6) is -0.603. The Hall–Kier alpha value is -3.22. The number of carbonyl (C=O) groups excluding carboxylic acids is 3. The van der Waals surface area contributed by atoms with E-state index in [0.29, 0.717) is 18.2 Å². The molecule has 0 saturated carbocycles. The van der Waals surface area contributed by atoms with Gasteiger partial charge in [-0.05, 0) is 67.7 Å². The average molecular weight is 451 g/mol. The van der Waals surface area contributed by atoms with Crippen LogP contribution in [0.4, 0.5) is 5.69 Å². The predicted octanol–water partition coefficient (Wildman–Crippen LogP) is 3.58. The molecular formula is C26H34N4O3. The average Bonchev–Trinajstić information content (AvgIpc) is 2.81. The summed E-state index contributed by atoms with van der Waals surface area (Å²) >= 11 is 0. The molecule has 0 bridgehead atoms. The van der Waals surface area contributed by atoms with Gasteiger partial charge in [-0.3, -0.25) is 19.4 Å². The molecule has 3 amide bonds. The van der Waals surface area contributed by atoms with E-state index in [-0.39, 0.29) is 5.91 Å². The van der Waals surface area contributed by atoms with Crippen molar-refractivity contribution < 1.29 is 14.4 Å². The highest BCUT2D eigenvalue weighted by Gasteiger charge is 2.22. The fourth-order valence-electron chi connectivity index (χ4n) is 4.25. The van der Waals surface area contributed by atoms with E-state index in [0.717, 1.165) is 57.2 Å². The fraction of sp³-hybridized carbons (Fsp3) is 0.462. The molecule has 0 atom stereocenters. The number of nitrogens with zero attached hydrogens (tertiary/aromatic N) is 2. The molecule has 0 spiro atoms. The van der Waals surface area contributed by atoms with E-state index < -0.39 is 11.8 Å². The molecule has 0 aliphatic carbocycles. The number of hydrogen-bond donors (Lipinski definition) is 2. The first-order chi connectivity index (χ1) is 15.9. The summed E-state index contributed by atoms with van der Waals surface area (Å²) in [6.45, 7) is 5.68. The second-order valence-corrected chi connectivity index (χ2v) is 8.80. The van der Waals surface area contributed by atoms with E-state index in [1.54, 1.807) is 19.2 Å². The second kappa shape index (κ2) is 12.1. The minimum Gasteiger partial charge on any atom is -0.348 e. The Balaban J connectivity index is 1.32. The maximum absolute atomic E-state index is 12.0. The number of pyridine rings is 1. The first-order valence-corrected chi connectivity index (χ1v) is 11.8. The lowest BCUT2D eigenvalue weighted by Crippen LogP contribution is -2.36. The minimum atomic E-state index is -0.673. The van der Waals surface area contributed by atoms with Crippen LogP contribution in [0, 0.1) is 6.92 Å². The predicted molar refractivity (Wildman–Crippen MR) is 129 cm³/mol. The number of nitrogens with one attached hydrogen (secondary N) is 2. The lowest BCUT2D eigenvalue weighted by Gasteiger charge is -2.31. The minimum absolute atomic E-state index is 0.169. The number of hydrogen-bond acceptors (Lipinski definition) is 4. The molecule has 2 aromatic rings. The molecule has 1 aromatic heterocycles. The van der Waals surface area contributed by atoms with Gasteiger partial charge in [-0.15, -0.1) is 0 Å². The molecule has 0 radical (unpaired) electrons. The van der Waals surface area contributed by atoms with Crippen LogP contribution in [0.1, 0.15) is 61.6 Å². The number of unbranched alkanes of at least 4 members (excludes halogenated alkanes) is 2. The van der Waals surface area contributed by atoms with E-state index in [2.05, 4.69) is 39.9 Å². The molecule has 2 heterocycles. The summed E-state index contributed by atoms with van der Waals surface area (Å²) in [6.07, 6.45) is 9.08. The van der Waals surface area contributed by atoms with Crippen LogP contribution < -0.4 is 10.6 Å². The Morgan fingerprint density at radius 2 is 1.82 bits per heavy atom. The van der Waals surface area contributed by atoms with Gasteiger partial charge in [-0.25, -0.2) is 0 Å². The lowest BCUT2D eigenvalue weighted by molar-refractivity contribution is -0.136. The van der Waals surface area contributed by atoms with Crippen LogP contribution in [-0.2, 0) is 20.8 Å². The smallest absolute Gasteiger partial charge is 0.313 e. The topological polar surface area (TPSA) is 91.4 Å². The summed E-state index contributed by atoms with van der Waals surface area (Å²) in [5.41, 5.74) is 4.13.